The van der Waals surface area contributed by atoms with Gasteiger partial charge in [0.2, 0.25) is 0 Å². The van der Waals surface area contributed by atoms with Gasteiger partial charge in [-0.3, -0.25) is 0 Å². The molecule has 1 aliphatic carbocycles. The van der Waals surface area contributed by atoms with Gasteiger partial charge in [0.1, 0.15) is 0 Å². The smallest absolute Gasteiger partial charge is 0.151 e. The molecule has 3 rings (SSSR count). The van der Waals surface area contributed by atoms with Gasteiger partial charge in [-0.1, -0.05) is 30.9 Å². The fourth-order valence-electron chi connectivity index (χ4n) is 3.29. The van der Waals surface area contributed by atoms with Crippen LogP contribution in [0.2, 0.25) is 5.15 Å². The van der Waals surface area contributed by atoms with Crippen LogP contribution >= 0.6 is 11.6 Å². The zero-order valence-corrected chi connectivity index (χ0v) is 10.7. The van der Waals surface area contributed by atoms with E-state index in [2.05, 4.69) is 15.1 Å². The van der Waals surface area contributed by atoms with E-state index in [-0.39, 0.29) is 0 Å². The van der Waals surface area contributed by atoms with Crippen molar-refractivity contribution in [2.75, 3.05) is 18.0 Å². The Hall–Kier alpha value is -0.830. The molecular formula is C13H18ClN3. The van der Waals surface area contributed by atoms with E-state index in [0.717, 1.165) is 30.7 Å². The number of rotatable bonds is 1. The van der Waals surface area contributed by atoms with Gasteiger partial charge < -0.3 is 4.90 Å². The molecule has 17 heavy (non-hydrogen) atoms. The summed E-state index contributed by atoms with van der Waals surface area (Å²) >= 11 is 5.77. The fraction of sp³-hybridized carbons (Fsp3) is 0.692. The second kappa shape index (κ2) is 4.81. The van der Waals surface area contributed by atoms with Crippen LogP contribution in [0.5, 0.6) is 0 Å². The molecule has 0 N–H and O–H groups in total. The summed E-state index contributed by atoms with van der Waals surface area (Å²) in [6, 6.07) is 3.81. The quantitative estimate of drug-likeness (QED) is 0.768. The first-order valence-electron chi connectivity index (χ1n) is 6.57. The maximum Gasteiger partial charge on any atom is 0.151 e. The van der Waals surface area contributed by atoms with Gasteiger partial charge in [-0.05, 0) is 36.8 Å². The second-order valence-electron chi connectivity index (χ2n) is 5.25. The minimum absolute atomic E-state index is 0.473. The third-order valence-corrected chi connectivity index (χ3v) is 4.43. The summed E-state index contributed by atoms with van der Waals surface area (Å²) in [5.74, 6) is 2.81. The van der Waals surface area contributed by atoms with Gasteiger partial charge in [-0.15, -0.1) is 10.2 Å². The van der Waals surface area contributed by atoms with Crippen LogP contribution in [0.4, 0.5) is 5.82 Å². The van der Waals surface area contributed by atoms with Crippen molar-refractivity contribution in [3.63, 3.8) is 0 Å². The lowest BCUT2D eigenvalue weighted by Crippen LogP contribution is -2.42. The lowest BCUT2D eigenvalue weighted by atomic mass is 9.75. The number of halogens is 1. The van der Waals surface area contributed by atoms with Gasteiger partial charge in [0, 0.05) is 13.1 Å². The number of piperidine rings is 1. The van der Waals surface area contributed by atoms with Crippen LogP contribution in [0.3, 0.4) is 0 Å². The molecule has 1 aromatic heterocycles. The van der Waals surface area contributed by atoms with E-state index in [1.807, 2.05) is 12.1 Å². The van der Waals surface area contributed by atoms with Crippen molar-refractivity contribution in [3.8, 4) is 0 Å². The third-order valence-electron chi connectivity index (χ3n) is 4.23. The predicted octanol–water partition coefficient (Wildman–Crippen LogP) is 3.15. The van der Waals surface area contributed by atoms with Crippen molar-refractivity contribution in [2.45, 2.75) is 32.1 Å². The second-order valence-corrected chi connectivity index (χ2v) is 5.64. The standard InChI is InChI=1S/C13H18ClN3/c14-12-5-6-13(16-15-12)17-8-7-10-3-1-2-4-11(10)9-17/h5-6,10-11H,1-4,7-9H2. The average Bonchev–Trinajstić information content (AvgIpc) is 2.39. The summed E-state index contributed by atoms with van der Waals surface area (Å²) < 4.78 is 0. The summed E-state index contributed by atoms with van der Waals surface area (Å²) in [5.41, 5.74) is 0. The first-order chi connectivity index (χ1) is 8.33. The lowest BCUT2D eigenvalue weighted by Gasteiger charge is -2.41. The molecule has 1 saturated heterocycles. The van der Waals surface area contributed by atoms with Gasteiger partial charge in [-0.25, -0.2) is 0 Å². The third kappa shape index (κ3) is 2.39. The highest BCUT2D eigenvalue weighted by atomic mass is 35.5. The molecule has 0 amide bonds. The molecule has 2 unspecified atom stereocenters. The molecule has 1 saturated carbocycles. The van der Waals surface area contributed by atoms with E-state index < -0.39 is 0 Å². The van der Waals surface area contributed by atoms with Crippen LogP contribution in [-0.2, 0) is 0 Å². The molecular weight excluding hydrogens is 234 g/mol. The molecule has 92 valence electrons. The van der Waals surface area contributed by atoms with Crippen LogP contribution in [-0.4, -0.2) is 23.3 Å². The van der Waals surface area contributed by atoms with Gasteiger partial charge in [0.25, 0.3) is 0 Å². The van der Waals surface area contributed by atoms with E-state index in [0.29, 0.717) is 5.15 Å². The largest absolute Gasteiger partial charge is 0.355 e. The van der Waals surface area contributed by atoms with Crippen molar-refractivity contribution >= 4 is 17.4 Å². The topological polar surface area (TPSA) is 29.0 Å². The highest BCUT2D eigenvalue weighted by Crippen LogP contribution is 2.36. The van der Waals surface area contributed by atoms with Gasteiger partial charge in [0.05, 0.1) is 0 Å². The van der Waals surface area contributed by atoms with E-state index in [9.17, 15) is 0 Å². The maximum absolute atomic E-state index is 5.77. The Morgan fingerprint density at radius 1 is 1.06 bits per heavy atom. The van der Waals surface area contributed by atoms with Gasteiger partial charge >= 0.3 is 0 Å². The Morgan fingerprint density at radius 2 is 1.88 bits per heavy atom. The fourth-order valence-corrected chi connectivity index (χ4v) is 3.39. The molecule has 1 aromatic rings. The highest BCUT2D eigenvalue weighted by molar-refractivity contribution is 6.29. The molecule has 0 aromatic carbocycles. The molecule has 2 fully saturated rings. The van der Waals surface area contributed by atoms with Crippen molar-refractivity contribution in [1.29, 1.82) is 0 Å². The van der Waals surface area contributed by atoms with Gasteiger partial charge in [-0.2, -0.15) is 0 Å². The Balaban J connectivity index is 1.71. The SMILES string of the molecule is Clc1ccc(N2CCC3CCCCC3C2)nn1. The van der Waals surface area contributed by atoms with E-state index in [1.54, 1.807) is 0 Å². The zero-order chi connectivity index (χ0) is 11.7. The minimum Gasteiger partial charge on any atom is -0.355 e. The normalized spacial score (nSPS) is 28.9. The first-order valence-corrected chi connectivity index (χ1v) is 6.95. The number of aromatic nitrogens is 2. The number of anilines is 1. The van der Waals surface area contributed by atoms with Crippen molar-refractivity contribution < 1.29 is 0 Å². The van der Waals surface area contributed by atoms with Crippen LogP contribution in [0.25, 0.3) is 0 Å². The number of fused-ring (bicyclic) bond motifs is 1. The minimum atomic E-state index is 0.473. The van der Waals surface area contributed by atoms with Crippen LogP contribution in [0, 0.1) is 11.8 Å². The molecule has 2 atom stereocenters. The first kappa shape index (κ1) is 11.3. The molecule has 0 spiro atoms. The monoisotopic (exact) mass is 251 g/mol. The molecule has 0 radical (unpaired) electrons. The lowest BCUT2D eigenvalue weighted by molar-refractivity contribution is 0.202. The Bertz CT molecular complexity index is 379. The number of hydrogen-bond donors (Lipinski definition) is 0. The van der Waals surface area contributed by atoms with Crippen molar-refractivity contribution in [2.24, 2.45) is 11.8 Å². The van der Waals surface area contributed by atoms with E-state index >= 15 is 0 Å². The Kier molecular flexibility index (Phi) is 3.19. The van der Waals surface area contributed by atoms with Crippen LogP contribution in [0.15, 0.2) is 12.1 Å². The molecule has 2 heterocycles. The summed E-state index contributed by atoms with van der Waals surface area (Å²) in [6.45, 7) is 2.28. The Labute approximate surface area is 107 Å². The molecule has 4 heteroatoms. The average molecular weight is 252 g/mol. The van der Waals surface area contributed by atoms with Gasteiger partial charge in [0.15, 0.2) is 11.0 Å². The summed E-state index contributed by atoms with van der Waals surface area (Å²) in [4.78, 5) is 2.37. The van der Waals surface area contributed by atoms with E-state index in [4.69, 9.17) is 11.6 Å². The summed E-state index contributed by atoms with van der Waals surface area (Å²) in [6.07, 6.45) is 6.98. The van der Waals surface area contributed by atoms with Crippen molar-refractivity contribution in [3.05, 3.63) is 17.3 Å². The maximum atomic E-state index is 5.77. The Morgan fingerprint density at radius 3 is 2.65 bits per heavy atom. The van der Waals surface area contributed by atoms with Crippen LogP contribution < -0.4 is 4.90 Å². The molecule has 3 nitrogen and oxygen atoms in total. The summed E-state index contributed by atoms with van der Waals surface area (Å²) in [7, 11) is 0. The highest BCUT2D eigenvalue weighted by Gasteiger charge is 2.31. The summed E-state index contributed by atoms with van der Waals surface area (Å²) in [5, 5.41) is 8.59. The number of hydrogen-bond acceptors (Lipinski definition) is 3. The molecule has 1 aliphatic heterocycles. The molecule has 2 aliphatic rings. The van der Waals surface area contributed by atoms with Crippen molar-refractivity contribution in [1.82, 2.24) is 10.2 Å². The van der Waals surface area contributed by atoms with Crippen LogP contribution in [0.1, 0.15) is 32.1 Å². The zero-order valence-electron chi connectivity index (χ0n) is 9.98. The molecule has 0 bridgehead atoms. The van der Waals surface area contributed by atoms with E-state index in [1.165, 1.54) is 32.1 Å². The number of nitrogens with zero attached hydrogens (tertiary/aromatic N) is 3. The predicted molar refractivity (Wildman–Crippen MR) is 69.3 cm³/mol.